The third-order valence-electron chi connectivity index (χ3n) is 6.42. The van der Waals surface area contributed by atoms with Gasteiger partial charge in [0.05, 0.1) is 29.8 Å². The van der Waals surface area contributed by atoms with Crippen molar-refractivity contribution in [3.05, 3.63) is 74.5 Å². The van der Waals surface area contributed by atoms with E-state index in [1.165, 1.54) is 5.20 Å². The predicted molar refractivity (Wildman–Crippen MR) is 135 cm³/mol. The van der Waals surface area contributed by atoms with Crippen molar-refractivity contribution in [1.29, 1.82) is 0 Å². The van der Waals surface area contributed by atoms with Crippen LogP contribution in [-0.4, -0.2) is 24.2 Å². The lowest BCUT2D eigenvalue weighted by atomic mass is 9.80. The van der Waals surface area contributed by atoms with Crippen molar-refractivity contribution in [3.63, 3.8) is 0 Å². The lowest BCUT2D eigenvalue weighted by Gasteiger charge is -2.48. The highest BCUT2D eigenvalue weighted by atomic mass is 28.3. The smallest absolute Gasteiger partial charge is 0.200 e. The number of benzene rings is 1. The Morgan fingerprint density at radius 3 is 1.24 bits per heavy atom. The Hall–Kier alpha value is -1.52. The highest BCUT2D eigenvalue weighted by Gasteiger charge is 2.48. The first-order valence-electron chi connectivity index (χ1n) is 11.3. The molecule has 0 heterocycles. The SMILES string of the molecule is C[Si](C)(C)C1=C([Si](C)(C)C)C2C=CC=CC2C([Si](C)(C)C)=C1c1c(F)c(F)c(F)c(F)c1F. The first-order valence-corrected chi connectivity index (χ1v) is 21.8. The number of halogens is 5. The fourth-order valence-electron chi connectivity index (χ4n) is 5.37. The molecule has 0 N–H and O–H groups in total. The van der Waals surface area contributed by atoms with Crippen LogP contribution in [0.3, 0.4) is 0 Å². The predicted octanol–water partition coefficient (Wildman–Crippen LogP) is 8.44. The maximum atomic E-state index is 15.4. The van der Waals surface area contributed by atoms with Crippen LogP contribution < -0.4 is 0 Å². The Bertz CT molecular complexity index is 1090. The van der Waals surface area contributed by atoms with Crippen molar-refractivity contribution in [1.82, 2.24) is 0 Å². The lowest BCUT2D eigenvalue weighted by Crippen LogP contribution is -2.46. The van der Waals surface area contributed by atoms with Gasteiger partial charge >= 0.3 is 0 Å². The summed E-state index contributed by atoms with van der Waals surface area (Å²) in [6.07, 6.45) is 8.15. The zero-order valence-corrected chi connectivity index (χ0v) is 23.9. The Balaban J connectivity index is 2.68. The summed E-state index contributed by atoms with van der Waals surface area (Å²) in [5, 5.41) is 2.92. The van der Waals surface area contributed by atoms with E-state index in [0.29, 0.717) is 5.57 Å². The molecular formula is C25H33F5Si3. The molecular weight excluding hydrogens is 480 g/mol. The molecule has 0 spiro atoms. The van der Waals surface area contributed by atoms with E-state index in [9.17, 15) is 13.2 Å². The monoisotopic (exact) mass is 512 g/mol. The van der Waals surface area contributed by atoms with Gasteiger partial charge in [0.1, 0.15) is 0 Å². The highest BCUT2D eigenvalue weighted by Crippen LogP contribution is 2.54. The minimum Gasteiger partial charge on any atom is -0.203 e. The summed E-state index contributed by atoms with van der Waals surface area (Å²) in [4.78, 5) is 0. The van der Waals surface area contributed by atoms with Gasteiger partial charge in [0, 0.05) is 11.8 Å². The molecule has 33 heavy (non-hydrogen) atoms. The second-order valence-corrected chi connectivity index (χ2v) is 27.2. The largest absolute Gasteiger partial charge is 0.203 e. The van der Waals surface area contributed by atoms with Crippen LogP contribution >= 0.6 is 0 Å². The highest BCUT2D eigenvalue weighted by molar-refractivity contribution is 6.92. The molecule has 0 bridgehead atoms. The van der Waals surface area contributed by atoms with Crippen LogP contribution in [0.4, 0.5) is 22.0 Å². The molecule has 1 aromatic rings. The Morgan fingerprint density at radius 2 is 0.879 bits per heavy atom. The van der Waals surface area contributed by atoms with Crippen molar-refractivity contribution in [2.75, 3.05) is 0 Å². The molecule has 0 nitrogen and oxygen atoms in total. The van der Waals surface area contributed by atoms with Crippen LogP contribution in [0.5, 0.6) is 0 Å². The van der Waals surface area contributed by atoms with Gasteiger partial charge in [-0.15, -0.1) is 0 Å². The normalized spacial score (nSPS) is 21.8. The second-order valence-electron chi connectivity index (χ2n) is 12.1. The van der Waals surface area contributed by atoms with Gasteiger partial charge in [-0.05, 0) is 5.57 Å². The minimum atomic E-state index is -2.32. The van der Waals surface area contributed by atoms with Crippen LogP contribution in [0.1, 0.15) is 5.56 Å². The van der Waals surface area contributed by atoms with Crippen molar-refractivity contribution in [2.45, 2.75) is 58.9 Å². The van der Waals surface area contributed by atoms with Crippen LogP contribution in [0.2, 0.25) is 58.9 Å². The quantitative estimate of drug-likeness (QED) is 0.164. The zero-order chi connectivity index (χ0) is 25.3. The molecule has 180 valence electrons. The number of hydrogen-bond acceptors (Lipinski definition) is 0. The molecule has 0 saturated heterocycles. The van der Waals surface area contributed by atoms with Gasteiger partial charge in [0.2, 0.25) is 5.82 Å². The first kappa shape index (κ1) is 26.1. The summed E-state index contributed by atoms with van der Waals surface area (Å²) < 4.78 is 73.7. The Labute approximate surface area is 197 Å². The summed E-state index contributed by atoms with van der Waals surface area (Å²) >= 11 is 0. The zero-order valence-electron chi connectivity index (χ0n) is 20.9. The molecule has 2 atom stereocenters. The summed E-state index contributed by atoms with van der Waals surface area (Å²) in [6.45, 7) is 19.1. The maximum absolute atomic E-state index is 15.4. The Morgan fingerprint density at radius 1 is 0.515 bits per heavy atom. The summed E-state index contributed by atoms with van der Waals surface area (Å²) in [7, 11) is -6.68. The van der Waals surface area contributed by atoms with E-state index in [-0.39, 0.29) is 11.8 Å². The topological polar surface area (TPSA) is 0 Å². The van der Waals surface area contributed by atoms with Gasteiger partial charge in [-0.3, -0.25) is 0 Å². The summed E-state index contributed by atoms with van der Waals surface area (Å²) in [5.74, 6) is -9.41. The molecule has 0 fully saturated rings. The standard InChI is InChI=1S/C25H33F5Si3/c1-31(2,3)23-14-12-10-11-13-15(14)24(32(4,5)6)25(33(7,8)9)17(23)16-18(26)20(28)22(30)21(29)19(16)27/h10-15H,1-9H3. The van der Waals surface area contributed by atoms with Crippen LogP contribution in [0.15, 0.2) is 39.9 Å². The third kappa shape index (κ3) is 4.34. The van der Waals surface area contributed by atoms with Gasteiger partial charge in [-0.25, -0.2) is 22.0 Å². The summed E-state index contributed by atoms with van der Waals surface area (Å²) in [5.41, 5.74) is -0.432. The number of allylic oxidation sites excluding steroid dienone is 8. The molecule has 2 aliphatic carbocycles. The van der Waals surface area contributed by atoms with Gasteiger partial charge in [-0.1, -0.05) is 98.8 Å². The van der Waals surface area contributed by atoms with Crippen LogP contribution in [0.25, 0.3) is 5.57 Å². The average molecular weight is 513 g/mol. The van der Waals surface area contributed by atoms with Crippen LogP contribution in [0, 0.1) is 40.9 Å². The van der Waals surface area contributed by atoms with E-state index in [4.69, 9.17) is 0 Å². The molecule has 2 aliphatic rings. The van der Waals surface area contributed by atoms with E-state index in [1.54, 1.807) is 0 Å². The lowest BCUT2D eigenvalue weighted by molar-refractivity contribution is 0.376. The molecule has 0 amide bonds. The molecule has 3 rings (SSSR count). The number of rotatable bonds is 4. The fraction of sp³-hybridized carbons (Fsp3) is 0.440. The maximum Gasteiger partial charge on any atom is 0.200 e. The van der Waals surface area contributed by atoms with E-state index < -0.39 is 58.9 Å². The van der Waals surface area contributed by atoms with Crippen molar-refractivity contribution in [2.24, 2.45) is 11.8 Å². The van der Waals surface area contributed by atoms with Gasteiger partial charge in [0.25, 0.3) is 0 Å². The average Bonchev–Trinajstić information content (AvgIpc) is 2.67. The molecule has 0 saturated carbocycles. The minimum absolute atomic E-state index is 0.0510. The number of hydrogen-bond donors (Lipinski definition) is 0. The van der Waals surface area contributed by atoms with E-state index in [2.05, 4.69) is 65.0 Å². The fourth-order valence-corrected chi connectivity index (χ4v) is 14.2. The van der Waals surface area contributed by atoms with Crippen molar-refractivity contribution < 1.29 is 22.0 Å². The molecule has 2 unspecified atom stereocenters. The van der Waals surface area contributed by atoms with Crippen LogP contribution in [-0.2, 0) is 0 Å². The summed E-state index contributed by atoms with van der Waals surface area (Å²) in [6, 6.07) is 0. The number of fused-ring (bicyclic) bond motifs is 1. The van der Waals surface area contributed by atoms with E-state index in [1.807, 2.05) is 18.2 Å². The van der Waals surface area contributed by atoms with E-state index in [0.717, 1.165) is 10.4 Å². The van der Waals surface area contributed by atoms with Gasteiger partial charge in [-0.2, -0.15) is 0 Å². The van der Waals surface area contributed by atoms with Gasteiger partial charge in [0.15, 0.2) is 23.3 Å². The Kier molecular flexibility index (Phi) is 6.57. The molecule has 1 aromatic carbocycles. The van der Waals surface area contributed by atoms with Crippen molar-refractivity contribution in [3.8, 4) is 0 Å². The molecule has 0 radical (unpaired) electrons. The molecule has 8 heteroatoms. The third-order valence-corrected chi connectivity index (χ3v) is 13.1. The molecule has 0 aliphatic heterocycles. The van der Waals surface area contributed by atoms with E-state index >= 15 is 8.78 Å². The van der Waals surface area contributed by atoms with Gasteiger partial charge < -0.3 is 0 Å². The first-order chi connectivity index (χ1) is 14.9. The van der Waals surface area contributed by atoms with Crippen molar-refractivity contribution >= 4 is 29.8 Å². The molecule has 0 aromatic heterocycles. The second kappa shape index (κ2) is 8.30.